The molecule has 0 heterocycles. The van der Waals surface area contributed by atoms with Crippen LogP contribution in [0, 0.1) is 0 Å². The second-order valence-electron chi connectivity index (χ2n) is 2.69. The molecule has 1 aliphatic carbocycles. The molecule has 0 radical (unpaired) electrons. The standard InChI is InChI=1S/C9H15NO2/c1-3-12-9(11-2)6-4-8(10)5-7-9/h4-6H,3,7,10H2,1-2H3. The minimum atomic E-state index is -0.586. The third-order valence-corrected chi connectivity index (χ3v) is 1.89. The van der Waals surface area contributed by atoms with Gasteiger partial charge in [-0.15, -0.1) is 0 Å². The highest BCUT2D eigenvalue weighted by Gasteiger charge is 2.27. The van der Waals surface area contributed by atoms with Crippen molar-refractivity contribution < 1.29 is 9.47 Å². The van der Waals surface area contributed by atoms with Crippen molar-refractivity contribution in [1.82, 2.24) is 0 Å². The number of rotatable bonds is 3. The quantitative estimate of drug-likeness (QED) is 0.645. The average Bonchev–Trinajstić information content (AvgIpc) is 2.10. The molecule has 2 N–H and O–H groups in total. The van der Waals surface area contributed by atoms with Gasteiger partial charge in [-0.3, -0.25) is 0 Å². The molecule has 0 aromatic rings. The van der Waals surface area contributed by atoms with Gasteiger partial charge in [0.1, 0.15) is 0 Å². The van der Waals surface area contributed by atoms with Crippen molar-refractivity contribution in [3.63, 3.8) is 0 Å². The fourth-order valence-electron chi connectivity index (χ4n) is 1.18. The number of allylic oxidation sites excluding steroid dienone is 1. The SMILES string of the molecule is CCOC1(OC)C=CC(N)=CC1. The Hall–Kier alpha value is -0.800. The summed E-state index contributed by atoms with van der Waals surface area (Å²) in [5.74, 6) is -0.586. The Morgan fingerprint density at radius 1 is 1.67 bits per heavy atom. The number of methoxy groups -OCH3 is 1. The van der Waals surface area contributed by atoms with Gasteiger partial charge in [-0.25, -0.2) is 0 Å². The Labute approximate surface area is 72.8 Å². The lowest BCUT2D eigenvalue weighted by Crippen LogP contribution is -2.33. The van der Waals surface area contributed by atoms with Crippen molar-refractivity contribution in [2.75, 3.05) is 13.7 Å². The lowest BCUT2D eigenvalue weighted by Gasteiger charge is -2.29. The molecule has 3 heteroatoms. The summed E-state index contributed by atoms with van der Waals surface area (Å²) in [4.78, 5) is 0. The first-order valence-corrected chi connectivity index (χ1v) is 4.06. The number of nitrogens with two attached hydrogens (primary N) is 1. The molecule has 1 atom stereocenters. The molecule has 3 nitrogen and oxygen atoms in total. The predicted octanol–water partition coefficient (Wildman–Crippen LogP) is 1.17. The molecule has 68 valence electrons. The lowest BCUT2D eigenvalue weighted by molar-refractivity contribution is -0.183. The average molecular weight is 169 g/mol. The van der Waals surface area contributed by atoms with Crippen LogP contribution in [-0.4, -0.2) is 19.5 Å². The summed E-state index contributed by atoms with van der Waals surface area (Å²) in [7, 11) is 1.63. The third kappa shape index (κ3) is 1.87. The van der Waals surface area contributed by atoms with Crippen LogP contribution in [-0.2, 0) is 9.47 Å². The summed E-state index contributed by atoms with van der Waals surface area (Å²) in [6.45, 7) is 2.57. The van der Waals surface area contributed by atoms with Gasteiger partial charge in [0.15, 0.2) is 5.79 Å². The fraction of sp³-hybridized carbons (Fsp3) is 0.556. The Bertz CT molecular complexity index is 211. The van der Waals surface area contributed by atoms with Crippen LogP contribution in [0.1, 0.15) is 13.3 Å². The van der Waals surface area contributed by atoms with Crippen LogP contribution in [0.25, 0.3) is 0 Å². The molecule has 12 heavy (non-hydrogen) atoms. The van der Waals surface area contributed by atoms with Crippen molar-refractivity contribution in [2.24, 2.45) is 5.73 Å². The minimum Gasteiger partial charge on any atom is -0.399 e. The molecule has 0 saturated heterocycles. The zero-order chi connectivity index (χ0) is 9.03. The van der Waals surface area contributed by atoms with Gasteiger partial charge < -0.3 is 15.2 Å². The smallest absolute Gasteiger partial charge is 0.191 e. The third-order valence-electron chi connectivity index (χ3n) is 1.89. The van der Waals surface area contributed by atoms with Crippen molar-refractivity contribution in [3.8, 4) is 0 Å². The van der Waals surface area contributed by atoms with Crippen LogP contribution < -0.4 is 5.73 Å². The molecule has 0 bridgehead atoms. The van der Waals surface area contributed by atoms with E-state index in [4.69, 9.17) is 15.2 Å². The topological polar surface area (TPSA) is 44.5 Å². The van der Waals surface area contributed by atoms with E-state index >= 15 is 0 Å². The minimum absolute atomic E-state index is 0.586. The predicted molar refractivity (Wildman–Crippen MR) is 47.4 cm³/mol. The monoisotopic (exact) mass is 169 g/mol. The van der Waals surface area contributed by atoms with Crippen LogP contribution in [0.2, 0.25) is 0 Å². The molecule has 0 aliphatic heterocycles. The van der Waals surface area contributed by atoms with Crippen molar-refractivity contribution in [2.45, 2.75) is 19.1 Å². The van der Waals surface area contributed by atoms with E-state index in [1.54, 1.807) is 7.11 Å². The Balaban J connectivity index is 2.66. The molecule has 0 fully saturated rings. The Morgan fingerprint density at radius 2 is 2.42 bits per heavy atom. The van der Waals surface area contributed by atoms with Gasteiger partial charge in [0.2, 0.25) is 0 Å². The zero-order valence-electron chi connectivity index (χ0n) is 7.54. The highest BCUT2D eigenvalue weighted by atomic mass is 16.7. The van der Waals surface area contributed by atoms with Crippen LogP contribution in [0.3, 0.4) is 0 Å². The highest BCUT2D eigenvalue weighted by Crippen LogP contribution is 2.24. The first-order valence-electron chi connectivity index (χ1n) is 4.06. The largest absolute Gasteiger partial charge is 0.399 e. The van der Waals surface area contributed by atoms with Gasteiger partial charge in [0, 0.05) is 25.8 Å². The van der Waals surface area contributed by atoms with Gasteiger partial charge in [-0.1, -0.05) is 6.08 Å². The van der Waals surface area contributed by atoms with Crippen molar-refractivity contribution in [3.05, 3.63) is 23.9 Å². The van der Waals surface area contributed by atoms with Gasteiger partial charge in [-0.2, -0.15) is 0 Å². The van der Waals surface area contributed by atoms with Gasteiger partial charge in [-0.05, 0) is 19.1 Å². The van der Waals surface area contributed by atoms with E-state index < -0.39 is 5.79 Å². The first kappa shape index (κ1) is 9.29. The summed E-state index contributed by atoms with van der Waals surface area (Å²) < 4.78 is 10.7. The van der Waals surface area contributed by atoms with E-state index in [0.717, 1.165) is 5.70 Å². The summed E-state index contributed by atoms with van der Waals surface area (Å²) in [6, 6.07) is 0. The molecular weight excluding hydrogens is 154 g/mol. The van der Waals surface area contributed by atoms with Crippen LogP contribution in [0.4, 0.5) is 0 Å². The lowest BCUT2D eigenvalue weighted by atomic mass is 10.1. The second-order valence-corrected chi connectivity index (χ2v) is 2.69. The first-order chi connectivity index (χ1) is 5.72. The highest BCUT2D eigenvalue weighted by molar-refractivity contribution is 5.23. The normalized spacial score (nSPS) is 28.7. The summed E-state index contributed by atoms with van der Waals surface area (Å²) in [5.41, 5.74) is 6.34. The van der Waals surface area contributed by atoms with Crippen LogP contribution in [0.5, 0.6) is 0 Å². The van der Waals surface area contributed by atoms with Crippen molar-refractivity contribution >= 4 is 0 Å². The molecule has 0 aromatic carbocycles. The molecular formula is C9H15NO2. The molecule has 0 amide bonds. The van der Waals surface area contributed by atoms with E-state index in [0.29, 0.717) is 13.0 Å². The number of hydrogen-bond acceptors (Lipinski definition) is 3. The maximum absolute atomic E-state index is 5.57. The maximum Gasteiger partial charge on any atom is 0.191 e. The molecule has 1 rings (SSSR count). The molecule has 0 spiro atoms. The van der Waals surface area contributed by atoms with E-state index in [1.165, 1.54) is 0 Å². The second kappa shape index (κ2) is 3.74. The fourth-order valence-corrected chi connectivity index (χ4v) is 1.18. The molecule has 0 aromatic heterocycles. The molecule has 0 saturated carbocycles. The van der Waals surface area contributed by atoms with E-state index in [9.17, 15) is 0 Å². The van der Waals surface area contributed by atoms with E-state index in [1.807, 2.05) is 25.2 Å². The van der Waals surface area contributed by atoms with Crippen molar-refractivity contribution in [1.29, 1.82) is 0 Å². The summed E-state index contributed by atoms with van der Waals surface area (Å²) in [5, 5.41) is 0. The van der Waals surface area contributed by atoms with Gasteiger partial charge in [0.05, 0.1) is 0 Å². The summed E-state index contributed by atoms with van der Waals surface area (Å²) >= 11 is 0. The van der Waals surface area contributed by atoms with Gasteiger partial charge in [0.25, 0.3) is 0 Å². The maximum atomic E-state index is 5.57. The van der Waals surface area contributed by atoms with Gasteiger partial charge >= 0.3 is 0 Å². The van der Waals surface area contributed by atoms with Crippen LogP contribution >= 0.6 is 0 Å². The summed E-state index contributed by atoms with van der Waals surface area (Å²) in [6.07, 6.45) is 6.24. The number of hydrogen-bond donors (Lipinski definition) is 1. The Morgan fingerprint density at radius 3 is 2.83 bits per heavy atom. The van der Waals surface area contributed by atoms with E-state index in [2.05, 4.69) is 0 Å². The Kier molecular flexibility index (Phi) is 2.89. The number of ether oxygens (including phenoxy) is 2. The molecule has 1 aliphatic rings. The van der Waals surface area contributed by atoms with E-state index in [-0.39, 0.29) is 0 Å². The van der Waals surface area contributed by atoms with Crippen LogP contribution in [0.15, 0.2) is 23.9 Å². The zero-order valence-corrected chi connectivity index (χ0v) is 7.54. The molecule has 1 unspecified atom stereocenters.